The van der Waals surface area contributed by atoms with Crippen LogP contribution in [0.4, 0.5) is 0 Å². The summed E-state index contributed by atoms with van der Waals surface area (Å²) in [6.07, 6.45) is 8.87. The predicted molar refractivity (Wildman–Crippen MR) is 128 cm³/mol. The Labute approximate surface area is 188 Å². The van der Waals surface area contributed by atoms with Crippen molar-refractivity contribution in [2.45, 2.75) is 26.4 Å². The molecule has 0 fully saturated rings. The van der Waals surface area contributed by atoms with Crippen molar-refractivity contribution in [1.29, 1.82) is 0 Å². The average Bonchev–Trinajstić information content (AvgIpc) is 3.21. The maximum absolute atomic E-state index is 12.6. The van der Waals surface area contributed by atoms with Crippen molar-refractivity contribution < 1.29 is 4.79 Å². The second-order valence-corrected chi connectivity index (χ2v) is 7.78. The highest BCUT2D eigenvalue weighted by atomic mass is 16.1. The largest absolute Gasteiger partial charge is 0.346 e. The SMILES string of the molecule is Cc1ccccc1C(C)NC(=O)/C=C/c1cn(Cc2ccccc2)nc1-c1cccnc1. The van der Waals surface area contributed by atoms with Crippen LogP contribution < -0.4 is 5.32 Å². The molecule has 160 valence electrons. The van der Waals surface area contributed by atoms with Crippen LogP contribution in [0.3, 0.4) is 0 Å². The molecule has 0 saturated carbocycles. The molecule has 1 atom stereocenters. The Hall–Kier alpha value is -3.99. The molecule has 5 heteroatoms. The number of amides is 1. The van der Waals surface area contributed by atoms with E-state index in [-0.39, 0.29) is 11.9 Å². The average molecular weight is 423 g/mol. The molecule has 1 unspecified atom stereocenters. The molecule has 2 heterocycles. The van der Waals surface area contributed by atoms with Crippen molar-refractivity contribution >= 4 is 12.0 Å². The lowest BCUT2D eigenvalue weighted by molar-refractivity contribution is -0.117. The quantitative estimate of drug-likeness (QED) is 0.417. The predicted octanol–water partition coefficient (Wildman–Crippen LogP) is 5.19. The van der Waals surface area contributed by atoms with E-state index in [9.17, 15) is 4.79 Å². The number of aryl methyl sites for hydroxylation is 1. The van der Waals surface area contributed by atoms with Gasteiger partial charge in [-0.1, -0.05) is 54.6 Å². The van der Waals surface area contributed by atoms with E-state index in [2.05, 4.69) is 35.4 Å². The zero-order valence-electron chi connectivity index (χ0n) is 18.3. The molecule has 0 bridgehead atoms. The zero-order valence-corrected chi connectivity index (χ0v) is 18.3. The first-order chi connectivity index (χ1) is 15.6. The molecule has 4 aromatic rings. The minimum Gasteiger partial charge on any atom is -0.346 e. The molecule has 0 aliphatic carbocycles. The number of hydrogen-bond donors (Lipinski definition) is 1. The summed E-state index contributed by atoms with van der Waals surface area (Å²) < 4.78 is 1.89. The van der Waals surface area contributed by atoms with Crippen LogP contribution in [0.15, 0.2) is 91.4 Å². The zero-order chi connectivity index (χ0) is 22.3. The topological polar surface area (TPSA) is 59.8 Å². The van der Waals surface area contributed by atoms with Gasteiger partial charge in [0.25, 0.3) is 0 Å². The third kappa shape index (κ3) is 5.19. The molecule has 2 aromatic carbocycles. The number of hydrogen-bond acceptors (Lipinski definition) is 3. The molecule has 1 N–H and O–H groups in total. The van der Waals surface area contributed by atoms with E-state index in [0.717, 1.165) is 33.5 Å². The first-order valence-corrected chi connectivity index (χ1v) is 10.7. The van der Waals surface area contributed by atoms with Gasteiger partial charge in [0, 0.05) is 35.8 Å². The molecule has 0 aliphatic rings. The van der Waals surface area contributed by atoms with E-state index in [4.69, 9.17) is 5.10 Å². The molecule has 4 rings (SSSR count). The summed E-state index contributed by atoms with van der Waals surface area (Å²) in [5.74, 6) is -0.145. The number of carbonyl (C=O) groups is 1. The minimum atomic E-state index is -0.145. The van der Waals surface area contributed by atoms with E-state index < -0.39 is 0 Å². The van der Waals surface area contributed by atoms with Crippen molar-refractivity contribution in [3.63, 3.8) is 0 Å². The number of nitrogens with one attached hydrogen (secondary N) is 1. The third-order valence-electron chi connectivity index (χ3n) is 5.34. The van der Waals surface area contributed by atoms with E-state index in [0.29, 0.717) is 6.54 Å². The fourth-order valence-electron chi connectivity index (χ4n) is 3.71. The number of aromatic nitrogens is 3. The lowest BCUT2D eigenvalue weighted by Gasteiger charge is -2.15. The summed E-state index contributed by atoms with van der Waals surface area (Å²) in [5.41, 5.74) is 6.00. The number of rotatable bonds is 7. The standard InChI is InChI=1S/C27H26N4O/c1-20-9-6-7-13-25(20)21(2)29-26(32)15-14-24-19-31(18-22-10-4-3-5-11-22)30-27(24)23-12-8-16-28-17-23/h3-17,19,21H,18H2,1-2H3,(H,29,32)/b15-14+. The smallest absolute Gasteiger partial charge is 0.244 e. The van der Waals surface area contributed by atoms with Crippen molar-refractivity contribution in [2.24, 2.45) is 0 Å². The monoisotopic (exact) mass is 422 g/mol. The lowest BCUT2D eigenvalue weighted by Crippen LogP contribution is -2.25. The summed E-state index contributed by atoms with van der Waals surface area (Å²) in [6, 6.07) is 22.0. The van der Waals surface area contributed by atoms with Crippen LogP contribution in [0.1, 0.15) is 35.2 Å². The van der Waals surface area contributed by atoms with Crippen molar-refractivity contribution in [3.8, 4) is 11.3 Å². The van der Waals surface area contributed by atoms with Gasteiger partial charge in [-0.3, -0.25) is 14.5 Å². The minimum absolute atomic E-state index is 0.0769. The molecule has 0 aliphatic heterocycles. The number of pyridine rings is 1. The fraction of sp³-hybridized carbons (Fsp3) is 0.148. The van der Waals surface area contributed by atoms with Gasteiger partial charge in [-0.15, -0.1) is 0 Å². The Morgan fingerprint density at radius 1 is 1.06 bits per heavy atom. The Morgan fingerprint density at radius 3 is 2.59 bits per heavy atom. The van der Waals surface area contributed by atoms with Gasteiger partial charge in [-0.25, -0.2) is 0 Å². The van der Waals surface area contributed by atoms with E-state index >= 15 is 0 Å². The van der Waals surface area contributed by atoms with Gasteiger partial charge in [0.1, 0.15) is 5.69 Å². The summed E-state index contributed by atoms with van der Waals surface area (Å²) in [4.78, 5) is 16.8. The van der Waals surface area contributed by atoms with Crippen LogP contribution in [0.2, 0.25) is 0 Å². The second kappa shape index (κ2) is 9.88. The molecular formula is C27H26N4O. The summed E-state index contributed by atoms with van der Waals surface area (Å²) >= 11 is 0. The van der Waals surface area contributed by atoms with Crippen LogP contribution in [-0.2, 0) is 11.3 Å². The Balaban J connectivity index is 1.55. The Kier molecular flexibility index (Phi) is 6.56. The highest BCUT2D eigenvalue weighted by molar-refractivity contribution is 5.93. The lowest BCUT2D eigenvalue weighted by atomic mass is 10.0. The van der Waals surface area contributed by atoms with E-state index in [1.165, 1.54) is 0 Å². The molecular weight excluding hydrogens is 396 g/mol. The van der Waals surface area contributed by atoms with Gasteiger partial charge in [-0.05, 0) is 48.7 Å². The summed E-state index contributed by atoms with van der Waals surface area (Å²) in [7, 11) is 0. The highest BCUT2D eigenvalue weighted by Crippen LogP contribution is 2.23. The molecule has 2 aromatic heterocycles. The van der Waals surface area contributed by atoms with E-state index in [1.807, 2.05) is 72.4 Å². The second-order valence-electron chi connectivity index (χ2n) is 7.78. The van der Waals surface area contributed by atoms with Gasteiger partial charge in [0.2, 0.25) is 5.91 Å². The van der Waals surface area contributed by atoms with Crippen molar-refractivity contribution in [1.82, 2.24) is 20.1 Å². The maximum atomic E-state index is 12.6. The van der Waals surface area contributed by atoms with Gasteiger partial charge in [0.15, 0.2) is 0 Å². The molecule has 32 heavy (non-hydrogen) atoms. The van der Waals surface area contributed by atoms with Gasteiger partial charge in [0.05, 0.1) is 12.6 Å². The first-order valence-electron chi connectivity index (χ1n) is 10.7. The maximum Gasteiger partial charge on any atom is 0.244 e. The van der Waals surface area contributed by atoms with Crippen LogP contribution in [-0.4, -0.2) is 20.7 Å². The van der Waals surface area contributed by atoms with Gasteiger partial charge < -0.3 is 5.32 Å². The Bertz CT molecular complexity index is 1210. The molecule has 0 radical (unpaired) electrons. The van der Waals surface area contributed by atoms with Gasteiger partial charge >= 0.3 is 0 Å². The Morgan fingerprint density at radius 2 is 1.84 bits per heavy atom. The molecule has 0 saturated heterocycles. The normalized spacial score (nSPS) is 12.1. The summed E-state index contributed by atoms with van der Waals surface area (Å²) in [6.45, 7) is 4.70. The number of carbonyl (C=O) groups excluding carboxylic acids is 1. The van der Waals surface area contributed by atoms with Crippen LogP contribution in [0.5, 0.6) is 0 Å². The fourth-order valence-corrected chi connectivity index (χ4v) is 3.71. The van der Waals surface area contributed by atoms with Gasteiger partial charge in [-0.2, -0.15) is 5.10 Å². The third-order valence-corrected chi connectivity index (χ3v) is 5.34. The highest BCUT2D eigenvalue weighted by Gasteiger charge is 2.12. The number of nitrogens with zero attached hydrogens (tertiary/aromatic N) is 3. The van der Waals surface area contributed by atoms with Crippen molar-refractivity contribution in [3.05, 3.63) is 114 Å². The van der Waals surface area contributed by atoms with Crippen LogP contribution >= 0.6 is 0 Å². The first kappa shape index (κ1) is 21.2. The molecule has 1 amide bonds. The van der Waals surface area contributed by atoms with Crippen LogP contribution in [0, 0.1) is 6.92 Å². The molecule has 0 spiro atoms. The number of benzene rings is 2. The van der Waals surface area contributed by atoms with E-state index in [1.54, 1.807) is 18.5 Å². The van der Waals surface area contributed by atoms with Crippen molar-refractivity contribution in [2.75, 3.05) is 0 Å². The van der Waals surface area contributed by atoms with Crippen LogP contribution in [0.25, 0.3) is 17.3 Å². The summed E-state index contributed by atoms with van der Waals surface area (Å²) in [5, 5.41) is 7.82. The molecule has 5 nitrogen and oxygen atoms in total.